The molecule has 0 spiro atoms. The van der Waals surface area contributed by atoms with E-state index in [0.29, 0.717) is 29.5 Å². The molecule has 0 fully saturated rings. The molecule has 166 valence electrons. The van der Waals surface area contributed by atoms with E-state index in [0.717, 1.165) is 11.1 Å². The minimum atomic E-state index is -0.713. The van der Waals surface area contributed by atoms with E-state index in [4.69, 9.17) is 18.9 Å². The summed E-state index contributed by atoms with van der Waals surface area (Å²) in [6.45, 7) is 4.26. The number of hydrogen-bond donors (Lipinski definition) is 1. The van der Waals surface area contributed by atoms with Crippen LogP contribution in [0, 0.1) is 0 Å². The van der Waals surface area contributed by atoms with Crippen LogP contribution < -0.4 is 24.3 Å². The Hall–Kier alpha value is -3.25. The molecular formula is C25H31NO5. The van der Waals surface area contributed by atoms with Crippen molar-refractivity contribution in [3.63, 3.8) is 0 Å². The van der Waals surface area contributed by atoms with E-state index >= 15 is 0 Å². The van der Waals surface area contributed by atoms with E-state index in [1.807, 2.05) is 62.4 Å². The Morgan fingerprint density at radius 1 is 0.806 bits per heavy atom. The molecule has 31 heavy (non-hydrogen) atoms. The maximum absolute atomic E-state index is 12.7. The largest absolute Gasteiger partial charge is 0.493 e. The lowest BCUT2D eigenvalue weighted by Gasteiger charge is -2.22. The van der Waals surface area contributed by atoms with Crippen molar-refractivity contribution in [2.45, 2.75) is 19.4 Å². The van der Waals surface area contributed by atoms with Gasteiger partial charge in [0.1, 0.15) is 0 Å². The SMILES string of the molecule is COc1ccc(/C=C/CNC(C)(C)C(=O)/C=C/c2ccc(OC)c(OC)c2)cc1OC. The van der Waals surface area contributed by atoms with Gasteiger partial charge in [0.15, 0.2) is 28.8 Å². The molecule has 2 aromatic rings. The molecule has 1 N–H and O–H groups in total. The third kappa shape index (κ3) is 6.62. The van der Waals surface area contributed by atoms with Crippen LogP contribution in [0.15, 0.2) is 48.6 Å². The molecule has 0 aromatic heterocycles. The first-order chi connectivity index (χ1) is 14.8. The lowest BCUT2D eigenvalue weighted by atomic mass is 9.98. The summed E-state index contributed by atoms with van der Waals surface area (Å²) < 4.78 is 21.1. The maximum atomic E-state index is 12.7. The summed E-state index contributed by atoms with van der Waals surface area (Å²) in [4.78, 5) is 12.7. The van der Waals surface area contributed by atoms with Crippen molar-refractivity contribution < 1.29 is 23.7 Å². The monoisotopic (exact) mass is 425 g/mol. The van der Waals surface area contributed by atoms with Crippen LogP contribution in [0.25, 0.3) is 12.2 Å². The highest BCUT2D eigenvalue weighted by Gasteiger charge is 2.23. The highest BCUT2D eigenvalue weighted by molar-refractivity contribution is 6.00. The molecule has 0 aliphatic heterocycles. The van der Waals surface area contributed by atoms with Crippen LogP contribution in [0.5, 0.6) is 23.0 Å². The van der Waals surface area contributed by atoms with Crippen LogP contribution in [0.2, 0.25) is 0 Å². The predicted molar refractivity (Wildman–Crippen MR) is 124 cm³/mol. The van der Waals surface area contributed by atoms with Gasteiger partial charge in [-0.25, -0.2) is 0 Å². The van der Waals surface area contributed by atoms with E-state index in [9.17, 15) is 4.79 Å². The molecule has 0 saturated carbocycles. The number of ketones is 1. The molecule has 0 radical (unpaired) electrons. The Morgan fingerprint density at radius 3 is 1.77 bits per heavy atom. The van der Waals surface area contributed by atoms with Crippen molar-refractivity contribution in [1.82, 2.24) is 5.32 Å². The number of benzene rings is 2. The van der Waals surface area contributed by atoms with Crippen molar-refractivity contribution >= 4 is 17.9 Å². The van der Waals surface area contributed by atoms with Crippen LogP contribution in [-0.2, 0) is 4.79 Å². The third-order valence-corrected chi connectivity index (χ3v) is 4.83. The van der Waals surface area contributed by atoms with Gasteiger partial charge in [-0.15, -0.1) is 0 Å². The van der Waals surface area contributed by atoms with Crippen LogP contribution in [-0.4, -0.2) is 46.3 Å². The summed E-state index contributed by atoms with van der Waals surface area (Å²) in [6, 6.07) is 11.2. The van der Waals surface area contributed by atoms with Gasteiger partial charge < -0.3 is 24.3 Å². The Kier molecular flexibility index (Phi) is 8.70. The van der Waals surface area contributed by atoms with E-state index in [2.05, 4.69) is 5.32 Å². The summed E-state index contributed by atoms with van der Waals surface area (Å²) in [6.07, 6.45) is 7.28. The summed E-state index contributed by atoms with van der Waals surface area (Å²) in [7, 11) is 6.39. The standard InChI is InChI=1S/C25H31NO5/c1-25(2,24(27)14-11-19-10-13-21(29-4)23(17-19)31-6)26-15-7-8-18-9-12-20(28-3)22(16-18)30-5/h7-14,16-17,26H,15H2,1-6H3/b8-7+,14-11+. The molecule has 0 bridgehead atoms. The predicted octanol–water partition coefficient (Wildman–Crippen LogP) is 4.38. The first-order valence-electron chi connectivity index (χ1n) is 9.92. The average molecular weight is 426 g/mol. The summed E-state index contributed by atoms with van der Waals surface area (Å²) >= 11 is 0. The molecule has 0 aliphatic rings. The molecular weight excluding hydrogens is 394 g/mol. The number of hydrogen-bond acceptors (Lipinski definition) is 6. The molecule has 6 nitrogen and oxygen atoms in total. The minimum Gasteiger partial charge on any atom is -0.493 e. The van der Waals surface area contributed by atoms with Gasteiger partial charge in [0.2, 0.25) is 0 Å². The van der Waals surface area contributed by atoms with Gasteiger partial charge >= 0.3 is 0 Å². The quantitative estimate of drug-likeness (QED) is 0.539. The van der Waals surface area contributed by atoms with Crippen molar-refractivity contribution in [1.29, 1.82) is 0 Å². The molecule has 6 heteroatoms. The van der Waals surface area contributed by atoms with Gasteiger partial charge in [0, 0.05) is 6.54 Å². The van der Waals surface area contributed by atoms with E-state index < -0.39 is 5.54 Å². The highest BCUT2D eigenvalue weighted by atomic mass is 16.5. The molecule has 2 rings (SSSR count). The lowest BCUT2D eigenvalue weighted by Crippen LogP contribution is -2.45. The second kappa shape index (κ2) is 11.2. The fourth-order valence-corrected chi connectivity index (χ4v) is 2.89. The van der Waals surface area contributed by atoms with Crippen molar-refractivity contribution in [2.75, 3.05) is 35.0 Å². The van der Waals surface area contributed by atoms with Gasteiger partial charge in [-0.1, -0.05) is 30.4 Å². The van der Waals surface area contributed by atoms with Gasteiger partial charge in [0.25, 0.3) is 0 Å². The smallest absolute Gasteiger partial charge is 0.175 e. The molecule has 0 atom stereocenters. The van der Waals surface area contributed by atoms with Crippen molar-refractivity contribution in [3.05, 3.63) is 59.7 Å². The van der Waals surface area contributed by atoms with Crippen LogP contribution in [0.1, 0.15) is 25.0 Å². The average Bonchev–Trinajstić information content (AvgIpc) is 2.79. The van der Waals surface area contributed by atoms with E-state index in [1.54, 1.807) is 40.6 Å². The molecule has 0 unspecified atom stereocenters. The lowest BCUT2D eigenvalue weighted by molar-refractivity contribution is -0.119. The van der Waals surface area contributed by atoms with Crippen molar-refractivity contribution in [2.24, 2.45) is 0 Å². The van der Waals surface area contributed by atoms with Crippen molar-refractivity contribution in [3.8, 4) is 23.0 Å². The topological polar surface area (TPSA) is 66.0 Å². The molecule has 0 aliphatic carbocycles. The third-order valence-electron chi connectivity index (χ3n) is 4.83. The molecule has 2 aromatic carbocycles. The number of methoxy groups -OCH3 is 4. The van der Waals surface area contributed by atoms with Gasteiger partial charge in [-0.3, -0.25) is 4.79 Å². The number of carbonyl (C=O) groups is 1. The normalized spacial score (nSPS) is 11.7. The Morgan fingerprint density at radius 2 is 1.29 bits per heavy atom. The molecule has 0 amide bonds. The Labute approximate surface area is 184 Å². The maximum Gasteiger partial charge on any atom is 0.175 e. The van der Waals surface area contributed by atoms with Crippen LogP contribution >= 0.6 is 0 Å². The zero-order chi connectivity index (χ0) is 22.9. The Bertz CT molecular complexity index is 947. The van der Waals surface area contributed by atoms with E-state index in [-0.39, 0.29) is 5.78 Å². The first-order valence-corrected chi connectivity index (χ1v) is 9.92. The highest BCUT2D eigenvalue weighted by Crippen LogP contribution is 2.29. The van der Waals surface area contributed by atoms with Crippen LogP contribution in [0.4, 0.5) is 0 Å². The number of carbonyl (C=O) groups excluding carboxylic acids is 1. The van der Waals surface area contributed by atoms with Gasteiger partial charge in [-0.2, -0.15) is 0 Å². The zero-order valence-corrected chi connectivity index (χ0v) is 19.0. The first kappa shape index (κ1) is 24.0. The number of nitrogens with one attached hydrogen (secondary N) is 1. The fraction of sp³-hybridized carbons (Fsp3) is 0.320. The second-order valence-electron chi connectivity index (χ2n) is 7.33. The molecule has 0 saturated heterocycles. The number of rotatable bonds is 11. The fourth-order valence-electron chi connectivity index (χ4n) is 2.89. The molecule has 0 heterocycles. The second-order valence-corrected chi connectivity index (χ2v) is 7.33. The van der Waals surface area contributed by atoms with Crippen LogP contribution in [0.3, 0.4) is 0 Å². The van der Waals surface area contributed by atoms with Gasteiger partial charge in [0.05, 0.1) is 34.0 Å². The zero-order valence-electron chi connectivity index (χ0n) is 19.0. The van der Waals surface area contributed by atoms with Gasteiger partial charge in [-0.05, 0) is 55.3 Å². The summed E-state index contributed by atoms with van der Waals surface area (Å²) in [5.74, 6) is 2.60. The van der Waals surface area contributed by atoms with E-state index in [1.165, 1.54) is 0 Å². The summed E-state index contributed by atoms with van der Waals surface area (Å²) in [5.41, 5.74) is 1.13. The minimum absolute atomic E-state index is 0.0261. The number of ether oxygens (including phenoxy) is 4. The summed E-state index contributed by atoms with van der Waals surface area (Å²) in [5, 5.41) is 3.27. The Balaban J connectivity index is 1.96.